The van der Waals surface area contributed by atoms with E-state index < -0.39 is 0 Å². The highest BCUT2D eigenvalue weighted by Gasteiger charge is 2.14. The maximum absolute atomic E-state index is 13.3. The van der Waals surface area contributed by atoms with Crippen LogP contribution < -0.4 is 10.6 Å². The van der Waals surface area contributed by atoms with Gasteiger partial charge < -0.3 is 10.6 Å². The summed E-state index contributed by atoms with van der Waals surface area (Å²) in [6.07, 6.45) is 0. The summed E-state index contributed by atoms with van der Waals surface area (Å²) >= 11 is 1.56. The van der Waals surface area contributed by atoms with Crippen molar-refractivity contribution in [3.8, 4) is 0 Å². The number of benzene rings is 1. The first-order valence-corrected chi connectivity index (χ1v) is 6.66. The largest absolute Gasteiger partial charge is 0.326 e. The smallest absolute Gasteiger partial charge is 0.190 e. The summed E-state index contributed by atoms with van der Waals surface area (Å²) in [5, 5.41) is 0.862. The van der Waals surface area contributed by atoms with E-state index in [-0.39, 0.29) is 5.82 Å². The molecule has 18 heavy (non-hydrogen) atoms. The summed E-state index contributed by atoms with van der Waals surface area (Å²) in [7, 11) is 0. The molecule has 0 aliphatic carbocycles. The van der Waals surface area contributed by atoms with E-state index in [9.17, 15) is 4.39 Å². The molecule has 0 bridgehead atoms. The van der Waals surface area contributed by atoms with Crippen LogP contribution >= 0.6 is 11.3 Å². The van der Waals surface area contributed by atoms with E-state index in [4.69, 9.17) is 5.73 Å². The predicted molar refractivity (Wildman–Crippen MR) is 73.8 cm³/mol. The first-order valence-electron chi connectivity index (χ1n) is 5.85. The second-order valence-corrected chi connectivity index (χ2v) is 5.00. The van der Waals surface area contributed by atoms with Gasteiger partial charge in [0.2, 0.25) is 0 Å². The number of rotatable bonds is 4. The van der Waals surface area contributed by atoms with E-state index in [1.165, 1.54) is 12.1 Å². The van der Waals surface area contributed by atoms with Crippen LogP contribution in [0.1, 0.15) is 17.5 Å². The third kappa shape index (κ3) is 2.52. The lowest BCUT2D eigenvalue weighted by Crippen LogP contribution is -2.15. The van der Waals surface area contributed by atoms with Gasteiger partial charge in [0.15, 0.2) is 5.13 Å². The van der Waals surface area contributed by atoms with Crippen LogP contribution in [0.4, 0.5) is 15.2 Å². The maximum Gasteiger partial charge on any atom is 0.190 e. The molecule has 0 saturated heterocycles. The molecule has 1 heterocycles. The van der Waals surface area contributed by atoms with Crippen molar-refractivity contribution >= 4 is 22.2 Å². The van der Waals surface area contributed by atoms with Gasteiger partial charge in [-0.25, -0.2) is 9.37 Å². The number of aromatic nitrogens is 1. The zero-order chi connectivity index (χ0) is 13.1. The highest BCUT2D eigenvalue weighted by Crippen LogP contribution is 2.31. The summed E-state index contributed by atoms with van der Waals surface area (Å²) in [6, 6.07) is 6.54. The van der Waals surface area contributed by atoms with Crippen molar-refractivity contribution < 1.29 is 4.39 Å². The Morgan fingerprint density at radius 3 is 2.78 bits per heavy atom. The Morgan fingerprint density at radius 2 is 2.22 bits per heavy atom. The van der Waals surface area contributed by atoms with Crippen molar-refractivity contribution in [1.29, 1.82) is 0 Å². The lowest BCUT2D eigenvalue weighted by atomic mass is 10.3. The normalized spacial score (nSPS) is 10.7. The number of halogens is 1. The number of hydrogen-bond acceptors (Lipinski definition) is 4. The van der Waals surface area contributed by atoms with Crippen molar-refractivity contribution in [3.63, 3.8) is 0 Å². The quantitative estimate of drug-likeness (QED) is 0.923. The molecule has 0 amide bonds. The van der Waals surface area contributed by atoms with Crippen LogP contribution in [0, 0.1) is 12.7 Å². The highest BCUT2D eigenvalue weighted by molar-refractivity contribution is 7.15. The lowest BCUT2D eigenvalue weighted by molar-refractivity contribution is 0.627. The Balaban J connectivity index is 2.38. The number of thiazole rings is 1. The maximum atomic E-state index is 13.3. The van der Waals surface area contributed by atoms with Crippen molar-refractivity contribution in [1.82, 2.24) is 4.98 Å². The average molecular weight is 265 g/mol. The summed E-state index contributed by atoms with van der Waals surface area (Å²) in [5.41, 5.74) is 7.43. The summed E-state index contributed by atoms with van der Waals surface area (Å²) in [5.74, 6) is -0.238. The molecule has 0 saturated carbocycles. The first-order chi connectivity index (χ1) is 8.65. The monoisotopic (exact) mass is 265 g/mol. The van der Waals surface area contributed by atoms with Gasteiger partial charge in [-0.3, -0.25) is 0 Å². The Kier molecular flexibility index (Phi) is 3.93. The minimum atomic E-state index is -0.238. The van der Waals surface area contributed by atoms with Gasteiger partial charge >= 0.3 is 0 Å². The van der Waals surface area contributed by atoms with Crippen LogP contribution in [0.15, 0.2) is 24.3 Å². The van der Waals surface area contributed by atoms with E-state index in [2.05, 4.69) is 4.98 Å². The number of aryl methyl sites for hydroxylation is 1. The Hall–Kier alpha value is -1.46. The number of hydrogen-bond donors (Lipinski definition) is 1. The molecule has 3 nitrogen and oxygen atoms in total. The molecule has 2 aromatic rings. The fraction of sp³-hybridized carbons (Fsp3) is 0.308. The van der Waals surface area contributed by atoms with Crippen molar-refractivity contribution in [2.24, 2.45) is 5.73 Å². The highest BCUT2D eigenvalue weighted by atomic mass is 32.1. The molecular formula is C13H16FN3S. The van der Waals surface area contributed by atoms with Crippen LogP contribution in [0.25, 0.3) is 0 Å². The lowest BCUT2D eigenvalue weighted by Gasteiger charge is -2.19. The zero-order valence-electron chi connectivity index (χ0n) is 10.5. The summed E-state index contributed by atoms with van der Waals surface area (Å²) < 4.78 is 13.3. The van der Waals surface area contributed by atoms with Crippen LogP contribution in [-0.4, -0.2) is 11.5 Å². The fourth-order valence-electron chi connectivity index (χ4n) is 1.79. The van der Waals surface area contributed by atoms with Gasteiger partial charge in [-0.2, -0.15) is 0 Å². The Morgan fingerprint density at radius 1 is 1.44 bits per heavy atom. The van der Waals surface area contributed by atoms with Gasteiger partial charge in [0.05, 0.1) is 5.69 Å². The summed E-state index contributed by atoms with van der Waals surface area (Å²) in [6.45, 7) is 5.19. The third-order valence-corrected chi connectivity index (χ3v) is 3.94. The van der Waals surface area contributed by atoms with Crippen LogP contribution in [-0.2, 0) is 6.54 Å². The molecule has 0 spiro atoms. The molecule has 0 atom stereocenters. The molecule has 96 valence electrons. The van der Waals surface area contributed by atoms with Gasteiger partial charge in [-0.1, -0.05) is 17.4 Å². The van der Waals surface area contributed by atoms with Crippen molar-refractivity contribution in [2.75, 3.05) is 11.4 Å². The molecule has 5 heteroatoms. The van der Waals surface area contributed by atoms with Gasteiger partial charge in [0.1, 0.15) is 5.82 Å². The van der Waals surface area contributed by atoms with Gasteiger partial charge in [0, 0.05) is 23.7 Å². The summed E-state index contributed by atoms with van der Waals surface area (Å²) in [4.78, 5) is 7.56. The van der Waals surface area contributed by atoms with Crippen LogP contribution in [0.2, 0.25) is 0 Å². The Labute approximate surface area is 110 Å². The molecule has 0 unspecified atom stereocenters. The molecule has 0 radical (unpaired) electrons. The third-order valence-electron chi connectivity index (χ3n) is 2.73. The van der Waals surface area contributed by atoms with Crippen LogP contribution in [0.3, 0.4) is 0 Å². The minimum absolute atomic E-state index is 0.238. The molecule has 2 N–H and O–H groups in total. The van der Waals surface area contributed by atoms with E-state index in [1.54, 1.807) is 17.4 Å². The number of nitrogens with zero attached hydrogens (tertiary/aromatic N) is 2. The second kappa shape index (κ2) is 5.46. The molecular weight excluding hydrogens is 249 g/mol. The molecule has 1 aromatic carbocycles. The average Bonchev–Trinajstić information content (AvgIpc) is 2.71. The first kappa shape index (κ1) is 13.0. The topological polar surface area (TPSA) is 42.2 Å². The number of anilines is 2. The molecule has 1 aromatic heterocycles. The van der Waals surface area contributed by atoms with Crippen LogP contribution in [0.5, 0.6) is 0 Å². The van der Waals surface area contributed by atoms with Gasteiger partial charge in [0.25, 0.3) is 0 Å². The van der Waals surface area contributed by atoms with Crippen molar-refractivity contribution in [2.45, 2.75) is 20.4 Å². The fourth-order valence-corrected chi connectivity index (χ4v) is 2.81. The molecule has 0 aliphatic rings. The van der Waals surface area contributed by atoms with E-state index in [0.717, 1.165) is 27.9 Å². The van der Waals surface area contributed by atoms with E-state index in [0.29, 0.717) is 6.54 Å². The van der Waals surface area contributed by atoms with E-state index in [1.807, 2.05) is 24.8 Å². The van der Waals surface area contributed by atoms with Gasteiger partial charge in [-0.15, -0.1) is 0 Å². The second-order valence-electron chi connectivity index (χ2n) is 3.93. The van der Waals surface area contributed by atoms with Gasteiger partial charge in [-0.05, 0) is 32.0 Å². The standard InChI is InChI=1S/C13H16FN3S/c1-3-17(11-6-4-5-10(14)7-11)13-16-9(2)12(8-15)18-13/h4-7H,3,8,15H2,1-2H3. The van der Waals surface area contributed by atoms with Crippen molar-refractivity contribution in [3.05, 3.63) is 40.7 Å². The number of nitrogens with two attached hydrogens (primary N) is 1. The SMILES string of the molecule is CCN(c1cccc(F)c1)c1nc(C)c(CN)s1. The Bertz CT molecular complexity index is 539. The zero-order valence-corrected chi connectivity index (χ0v) is 11.3. The minimum Gasteiger partial charge on any atom is -0.326 e. The predicted octanol–water partition coefficient (Wildman–Crippen LogP) is 3.21. The molecule has 2 rings (SSSR count). The van der Waals surface area contributed by atoms with E-state index >= 15 is 0 Å². The molecule has 0 fully saturated rings. The molecule has 0 aliphatic heterocycles.